The smallest absolute Gasteiger partial charge is 0.184 e. The lowest BCUT2D eigenvalue weighted by atomic mass is 9.52. The third-order valence-electron chi connectivity index (χ3n) is 5.00. The van der Waals surface area contributed by atoms with Crippen LogP contribution in [-0.2, 0) is 8.85 Å². The van der Waals surface area contributed by atoms with E-state index in [0.717, 1.165) is 11.8 Å². The topological polar surface area (TPSA) is 18.5 Å². The predicted molar refractivity (Wildman–Crippen MR) is 89.0 cm³/mol. The van der Waals surface area contributed by atoms with E-state index in [1.54, 1.807) is 0 Å². The average Bonchev–Trinajstić information content (AvgIpc) is 2.04. The molecule has 4 saturated carbocycles. The molecule has 4 rings (SSSR count). The van der Waals surface area contributed by atoms with Crippen LogP contribution in [0.15, 0.2) is 0 Å². The fraction of sp³-hybridized carbons (Fsp3) is 1.00. The average molecular weight is 313 g/mol. The van der Waals surface area contributed by atoms with Gasteiger partial charge in [-0.3, -0.25) is 0 Å². The Balaban J connectivity index is 1.86. The Labute approximate surface area is 126 Å². The molecule has 0 radical (unpaired) electrons. The Hall–Kier alpha value is 0.354. The fourth-order valence-electron chi connectivity index (χ4n) is 5.63. The van der Waals surface area contributed by atoms with E-state index in [2.05, 4.69) is 39.3 Å². The van der Waals surface area contributed by atoms with Crippen LogP contribution in [0.3, 0.4) is 0 Å². The summed E-state index contributed by atoms with van der Waals surface area (Å²) in [6.07, 6.45) is 7.86. The fourth-order valence-corrected chi connectivity index (χ4v) is 8.71. The molecule has 4 heteroatoms. The largest absolute Gasteiger partial charge is 0.412 e. The van der Waals surface area contributed by atoms with Crippen molar-refractivity contribution in [1.82, 2.24) is 0 Å². The van der Waals surface area contributed by atoms with E-state index in [4.69, 9.17) is 8.85 Å². The monoisotopic (exact) mass is 312 g/mol. The first kappa shape index (κ1) is 15.3. The molecule has 0 unspecified atom stereocenters. The maximum Gasteiger partial charge on any atom is 0.184 e. The first-order valence-corrected chi connectivity index (χ1v) is 15.2. The van der Waals surface area contributed by atoms with Crippen LogP contribution < -0.4 is 0 Å². The maximum absolute atomic E-state index is 6.75. The van der Waals surface area contributed by atoms with Gasteiger partial charge in [0.25, 0.3) is 0 Å². The molecule has 0 amide bonds. The van der Waals surface area contributed by atoms with Gasteiger partial charge < -0.3 is 8.85 Å². The van der Waals surface area contributed by atoms with Gasteiger partial charge in [-0.25, -0.2) is 0 Å². The third kappa shape index (κ3) is 3.08. The minimum Gasteiger partial charge on any atom is -0.412 e. The predicted octanol–water partition coefficient (Wildman–Crippen LogP) is 4.78. The van der Waals surface area contributed by atoms with Crippen LogP contribution in [0.2, 0.25) is 39.3 Å². The van der Waals surface area contributed by atoms with E-state index >= 15 is 0 Å². The van der Waals surface area contributed by atoms with Gasteiger partial charge in [-0.1, -0.05) is 0 Å². The Kier molecular flexibility index (Phi) is 3.38. The lowest BCUT2D eigenvalue weighted by Gasteiger charge is -2.63. The molecule has 4 fully saturated rings. The van der Waals surface area contributed by atoms with Gasteiger partial charge >= 0.3 is 0 Å². The van der Waals surface area contributed by atoms with Gasteiger partial charge in [0.2, 0.25) is 0 Å². The summed E-state index contributed by atoms with van der Waals surface area (Å²) in [4.78, 5) is 0. The molecule has 0 N–H and O–H groups in total. The molecule has 4 aliphatic carbocycles. The Bertz CT molecular complexity index is 346. The second-order valence-electron chi connectivity index (χ2n) is 9.76. The highest BCUT2D eigenvalue weighted by atomic mass is 28.4. The molecule has 4 bridgehead atoms. The van der Waals surface area contributed by atoms with Crippen molar-refractivity contribution in [2.24, 2.45) is 11.8 Å². The molecule has 0 aliphatic heterocycles. The second-order valence-corrected chi connectivity index (χ2v) is 18.6. The van der Waals surface area contributed by atoms with Crippen LogP contribution in [0.1, 0.15) is 38.5 Å². The summed E-state index contributed by atoms with van der Waals surface area (Å²) in [5, 5.41) is 0. The van der Waals surface area contributed by atoms with Crippen molar-refractivity contribution in [3.63, 3.8) is 0 Å². The molecule has 0 aromatic carbocycles. The SMILES string of the molecule is C[Si](C)(C)OC12CC3CC(C1)CC(O[Si](C)(C)C)(C3)C2. The normalized spacial score (nSPS) is 44.1. The van der Waals surface area contributed by atoms with E-state index in [1.165, 1.54) is 38.5 Å². The standard InChI is InChI=1S/C16H32O2Si2/c1-19(2,3)17-15-8-13-7-14(9-15)11-16(10-13,12-15)18-20(4,5)6/h13-14H,7-12H2,1-6H3. The summed E-state index contributed by atoms with van der Waals surface area (Å²) in [6.45, 7) is 14.1. The molecule has 0 heterocycles. The molecule has 2 nitrogen and oxygen atoms in total. The van der Waals surface area contributed by atoms with Crippen molar-refractivity contribution < 1.29 is 8.85 Å². The van der Waals surface area contributed by atoms with E-state index in [1.807, 2.05) is 0 Å². The van der Waals surface area contributed by atoms with Gasteiger partial charge in [0.1, 0.15) is 0 Å². The number of hydrogen-bond acceptors (Lipinski definition) is 2. The van der Waals surface area contributed by atoms with Gasteiger partial charge in [0.15, 0.2) is 16.6 Å². The molecule has 20 heavy (non-hydrogen) atoms. The van der Waals surface area contributed by atoms with Gasteiger partial charge in [-0.2, -0.15) is 0 Å². The van der Waals surface area contributed by atoms with E-state index in [0.29, 0.717) is 0 Å². The van der Waals surface area contributed by atoms with E-state index in [-0.39, 0.29) is 11.2 Å². The molecule has 4 aliphatic rings. The van der Waals surface area contributed by atoms with Crippen LogP contribution >= 0.6 is 0 Å². The highest BCUT2D eigenvalue weighted by Gasteiger charge is 2.60. The van der Waals surface area contributed by atoms with Gasteiger partial charge in [-0.15, -0.1) is 0 Å². The third-order valence-corrected chi connectivity index (χ3v) is 7.09. The van der Waals surface area contributed by atoms with Crippen LogP contribution in [-0.4, -0.2) is 27.8 Å². The van der Waals surface area contributed by atoms with Crippen molar-refractivity contribution in [3.8, 4) is 0 Å². The Morgan fingerprint density at radius 1 is 0.700 bits per heavy atom. The van der Waals surface area contributed by atoms with Crippen LogP contribution in [0.5, 0.6) is 0 Å². The lowest BCUT2D eigenvalue weighted by molar-refractivity contribution is -0.183. The highest BCUT2D eigenvalue weighted by molar-refractivity contribution is 6.70. The van der Waals surface area contributed by atoms with Gasteiger partial charge in [0, 0.05) is 6.42 Å². The summed E-state index contributed by atoms with van der Waals surface area (Å²) in [6, 6.07) is 0. The molecular weight excluding hydrogens is 280 g/mol. The summed E-state index contributed by atoms with van der Waals surface area (Å²) in [7, 11) is -2.96. The molecular formula is C16H32O2Si2. The zero-order valence-corrected chi connectivity index (χ0v) is 16.2. The Morgan fingerprint density at radius 3 is 1.35 bits per heavy atom. The zero-order valence-electron chi connectivity index (χ0n) is 14.2. The minimum absolute atomic E-state index is 0.175. The highest BCUT2D eigenvalue weighted by Crippen LogP contribution is 2.61. The van der Waals surface area contributed by atoms with Crippen LogP contribution in [0.4, 0.5) is 0 Å². The van der Waals surface area contributed by atoms with Gasteiger partial charge in [0.05, 0.1) is 11.2 Å². The number of hydrogen-bond donors (Lipinski definition) is 0. The van der Waals surface area contributed by atoms with Crippen LogP contribution in [0, 0.1) is 11.8 Å². The van der Waals surface area contributed by atoms with Gasteiger partial charge in [-0.05, 0) is 83.2 Å². The second kappa shape index (κ2) is 4.43. The Morgan fingerprint density at radius 2 is 1.05 bits per heavy atom. The zero-order chi connectivity index (χ0) is 14.8. The number of rotatable bonds is 4. The molecule has 0 saturated heterocycles. The lowest BCUT2D eigenvalue weighted by Crippen LogP contribution is -2.64. The van der Waals surface area contributed by atoms with Crippen molar-refractivity contribution >= 4 is 16.6 Å². The van der Waals surface area contributed by atoms with Crippen LogP contribution in [0.25, 0.3) is 0 Å². The molecule has 0 spiro atoms. The van der Waals surface area contributed by atoms with Crippen molar-refractivity contribution in [1.29, 1.82) is 0 Å². The quantitative estimate of drug-likeness (QED) is 0.695. The molecule has 116 valence electrons. The van der Waals surface area contributed by atoms with Crippen molar-refractivity contribution in [2.45, 2.75) is 89.0 Å². The molecule has 0 aromatic rings. The van der Waals surface area contributed by atoms with E-state index < -0.39 is 16.6 Å². The maximum atomic E-state index is 6.75. The summed E-state index contributed by atoms with van der Waals surface area (Å²) in [5.74, 6) is 1.73. The molecule has 0 atom stereocenters. The van der Waals surface area contributed by atoms with Crippen molar-refractivity contribution in [3.05, 3.63) is 0 Å². The summed E-state index contributed by atoms with van der Waals surface area (Å²) < 4.78 is 13.5. The molecule has 0 aromatic heterocycles. The first-order chi connectivity index (χ1) is 8.99. The summed E-state index contributed by atoms with van der Waals surface area (Å²) in [5.41, 5.74) is 0.350. The minimum atomic E-state index is -1.48. The van der Waals surface area contributed by atoms with Crippen molar-refractivity contribution in [2.75, 3.05) is 0 Å². The summed E-state index contributed by atoms with van der Waals surface area (Å²) >= 11 is 0. The first-order valence-electron chi connectivity index (χ1n) is 8.39. The van der Waals surface area contributed by atoms with E-state index in [9.17, 15) is 0 Å².